The number of alkyl halides is 1. The fraction of sp³-hybridized carbons (Fsp3) is 0.571. The lowest BCUT2D eigenvalue weighted by molar-refractivity contribution is 0.364. The fourth-order valence-corrected chi connectivity index (χ4v) is 2.33. The number of benzene rings is 1. The molecular formula is C14H21ClFN. The summed E-state index contributed by atoms with van der Waals surface area (Å²) in [4.78, 5) is 0. The van der Waals surface area contributed by atoms with Crippen molar-refractivity contribution in [3.63, 3.8) is 0 Å². The van der Waals surface area contributed by atoms with E-state index in [9.17, 15) is 4.39 Å². The maximum Gasteiger partial charge on any atom is 0.123 e. The molecule has 1 aromatic rings. The van der Waals surface area contributed by atoms with Crippen molar-refractivity contribution in [1.82, 2.24) is 5.32 Å². The van der Waals surface area contributed by atoms with Gasteiger partial charge in [-0.3, -0.25) is 0 Å². The van der Waals surface area contributed by atoms with Gasteiger partial charge in [0.25, 0.3) is 0 Å². The second-order valence-corrected chi connectivity index (χ2v) is 6.24. The molecule has 0 heterocycles. The zero-order chi connectivity index (χ0) is 12.9. The van der Waals surface area contributed by atoms with Crippen LogP contribution in [0.15, 0.2) is 24.3 Å². The molecule has 0 aromatic heterocycles. The van der Waals surface area contributed by atoms with E-state index in [1.54, 1.807) is 12.1 Å². The van der Waals surface area contributed by atoms with Crippen LogP contribution in [0, 0.1) is 11.2 Å². The summed E-state index contributed by atoms with van der Waals surface area (Å²) >= 11 is 6.23. The Bertz CT molecular complexity index is 346. The van der Waals surface area contributed by atoms with Gasteiger partial charge in [-0.1, -0.05) is 32.9 Å². The summed E-state index contributed by atoms with van der Waals surface area (Å²) in [6, 6.07) is 6.62. The Kier molecular flexibility index (Phi) is 5.41. The van der Waals surface area contributed by atoms with Crippen molar-refractivity contribution in [2.75, 3.05) is 6.54 Å². The fourth-order valence-electron chi connectivity index (χ4n) is 1.76. The van der Waals surface area contributed by atoms with Crippen molar-refractivity contribution in [2.24, 2.45) is 5.41 Å². The van der Waals surface area contributed by atoms with E-state index in [0.717, 1.165) is 18.5 Å². The topological polar surface area (TPSA) is 12.0 Å². The third-order valence-corrected chi connectivity index (χ3v) is 2.73. The van der Waals surface area contributed by atoms with Crippen LogP contribution in [0.3, 0.4) is 0 Å². The van der Waals surface area contributed by atoms with Crippen LogP contribution in [0.5, 0.6) is 0 Å². The monoisotopic (exact) mass is 257 g/mol. The number of hydrogen-bond acceptors (Lipinski definition) is 1. The Labute approximate surface area is 108 Å². The molecule has 0 bridgehead atoms. The van der Waals surface area contributed by atoms with E-state index in [0.29, 0.717) is 6.54 Å². The SMILES string of the molecule is CC(C)(C)CC(Cl)CNCc1cccc(F)c1. The van der Waals surface area contributed by atoms with Crippen LogP contribution >= 0.6 is 11.6 Å². The van der Waals surface area contributed by atoms with Gasteiger partial charge in [-0.2, -0.15) is 0 Å². The molecule has 0 fully saturated rings. The van der Waals surface area contributed by atoms with E-state index in [4.69, 9.17) is 11.6 Å². The molecule has 0 aliphatic carbocycles. The Hall–Kier alpha value is -0.600. The van der Waals surface area contributed by atoms with Crippen LogP contribution in [0.4, 0.5) is 4.39 Å². The maximum absolute atomic E-state index is 12.9. The second kappa shape index (κ2) is 6.36. The van der Waals surface area contributed by atoms with E-state index < -0.39 is 0 Å². The first-order chi connectivity index (χ1) is 7.87. The number of halogens is 2. The summed E-state index contributed by atoms with van der Waals surface area (Å²) in [6.07, 6.45) is 0.963. The van der Waals surface area contributed by atoms with Gasteiger partial charge in [0, 0.05) is 18.5 Å². The minimum absolute atomic E-state index is 0.114. The molecule has 0 radical (unpaired) electrons. The van der Waals surface area contributed by atoms with Gasteiger partial charge in [0.15, 0.2) is 0 Å². The van der Waals surface area contributed by atoms with E-state index >= 15 is 0 Å². The maximum atomic E-state index is 12.9. The predicted molar refractivity (Wildman–Crippen MR) is 71.8 cm³/mol. The molecule has 1 atom stereocenters. The Morgan fingerprint density at radius 3 is 2.65 bits per heavy atom. The molecule has 17 heavy (non-hydrogen) atoms. The van der Waals surface area contributed by atoms with Crippen molar-refractivity contribution in [2.45, 2.75) is 39.1 Å². The first-order valence-corrected chi connectivity index (χ1v) is 6.40. The molecule has 0 amide bonds. The quantitative estimate of drug-likeness (QED) is 0.788. The van der Waals surface area contributed by atoms with Gasteiger partial charge >= 0.3 is 0 Å². The molecule has 0 spiro atoms. The number of hydrogen-bond donors (Lipinski definition) is 1. The second-order valence-electron chi connectivity index (χ2n) is 5.62. The third-order valence-electron chi connectivity index (χ3n) is 2.42. The van der Waals surface area contributed by atoms with Gasteiger partial charge in [0.2, 0.25) is 0 Å². The molecule has 1 rings (SSSR count). The highest BCUT2D eigenvalue weighted by Gasteiger charge is 2.16. The van der Waals surface area contributed by atoms with Gasteiger partial charge in [-0.05, 0) is 29.5 Å². The summed E-state index contributed by atoms with van der Waals surface area (Å²) in [7, 11) is 0. The first-order valence-electron chi connectivity index (χ1n) is 5.96. The summed E-state index contributed by atoms with van der Waals surface area (Å²) in [6.45, 7) is 7.93. The molecular weight excluding hydrogens is 237 g/mol. The number of rotatable bonds is 5. The highest BCUT2D eigenvalue weighted by Crippen LogP contribution is 2.23. The van der Waals surface area contributed by atoms with Crippen molar-refractivity contribution in [3.8, 4) is 0 Å². The Morgan fingerprint density at radius 1 is 1.35 bits per heavy atom. The molecule has 0 saturated heterocycles. The molecule has 1 nitrogen and oxygen atoms in total. The molecule has 3 heteroatoms. The van der Waals surface area contributed by atoms with Gasteiger partial charge in [-0.25, -0.2) is 4.39 Å². The minimum atomic E-state index is -0.193. The highest BCUT2D eigenvalue weighted by molar-refractivity contribution is 6.20. The normalized spacial score (nSPS) is 13.7. The van der Waals surface area contributed by atoms with Gasteiger partial charge in [-0.15, -0.1) is 11.6 Å². The first kappa shape index (κ1) is 14.5. The molecule has 1 aromatic carbocycles. The number of nitrogens with one attached hydrogen (secondary N) is 1. The molecule has 0 aliphatic rings. The smallest absolute Gasteiger partial charge is 0.123 e. The molecule has 0 aliphatic heterocycles. The third kappa shape index (κ3) is 6.64. The molecule has 1 N–H and O–H groups in total. The summed E-state index contributed by atoms with van der Waals surface area (Å²) < 4.78 is 12.9. The Balaban J connectivity index is 2.28. The average Bonchev–Trinajstić information content (AvgIpc) is 2.14. The Morgan fingerprint density at radius 2 is 2.06 bits per heavy atom. The van der Waals surface area contributed by atoms with Crippen molar-refractivity contribution < 1.29 is 4.39 Å². The van der Waals surface area contributed by atoms with Crippen molar-refractivity contribution >= 4 is 11.6 Å². The lowest BCUT2D eigenvalue weighted by atomic mass is 9.90. The van der Waals surface area contributed by atoms with Crippen LogP contribution in [0.25, 0.3) is 0 Å². The summed E-state index contributed by atoms with van der Waals surface area (Å²) in [5.41, 5.74) is 1.19. The van der Waals surface area contributed by atoms with Crippen LogP contribution in [0.1, 0.15) is 32.8 Å². The van der Waals surface area contributed by atoms with E-state index in [1.807, 2.05) is 6.07 Å². The largest absolute Gasteiger partial charge is 0.311 e. The zero-order valence-corrected chi connectivity index (χ0v) is 11.5. The van der Waals surface area contributed by atoms with Crippen LogP contribution in [0.2, 0.25) is 0 Å². The van der Waals surface area contributed by atoms with Crippen LogP contribution in [-0.4, -0.2) is 11.9 Å². The lowest BCUT2D eigenvalue weighted by Gasteiger charge is -2.22. The van der Waals surface area contributed by atoms with E-state index in [2.05, 4.69) is 26.1 Å². The summed E-state index contributed by atoms with van der Waals surface area (Å²) in [5, 5.41) is 3.37. The predicted octanol–water partition coefficient (Wildman–Crippen LogP) is 3.96. The van der Waals surface area contributed by atoms with Crippen LogP contribution < -0.4 is 5.32 Å². The lowest BCUT2D eigenvalue weighted by Crippen LogP contribution is -2.26. The molecule has 96 valence electrons. The van der Waals surface area contributed by atoms with Crippen molar-refractivity contribution in [1.29, 1.82) is 0 Å². The van der Waals surface area contributed by atoms with Crippen molar-refractivity contribution in [3.05, 3.63) is 35.6 Å². The van der Waals surface area contributed by atoms with Gasteiger partial charge in [0.1, 0.15) is 5.82 Å². The van der Waals surface area contributed by atoms with E-state index in [-0.39, 0.29) is 16.6 Å². The van der Waals surface area contributed by atoms with E-state index in [1.165, 1.54) is 6.07 Å². The standard InChI is InChI=1S/C14H21ClFN/c1-14(2,3)8-12(15)10-17-9-11-5-4-6-13(16)7-11/h4-7,12,17H,8-10H2,1-3H3. The van der Waals surface area contributed by atoms with Gasteiger partial charge < -0.3 is 5.32 Å². The van der Waals surface area contributed by atoms with Gasteiger partial charge in [0.05, 0.1) is 0 Å². The molecule has 0 saturated carbocycles. The zero-order valence-electron chi connectivity index (χ0n) is 10.8. The summed E-state index contributed by atoms with van der Waals surface area (Å²) in [5.74, 6) is -0.193. The minimum Gasteiger partial charge on any atom is -0.311 e. The highest BCUT2D eigenvalue weighted by atomic mass is 35.5. The average molecular weight is 258 g/mol. The molecule has 1 unspecified atom stereocenters. The van der Waals surface area contributed by atoms with Crippen LogP contribution in [-0.2, 0) is 6.54 Å².